The summed E-state index contributed by atoms with van der Waals surface area (Å²) in [6, 6.07) is 12.4. The molecule has 0 bridgehead atoms. The highest BCUT2D eigenvalue weighted by atomic mass is 16.4. The Morgan fingerprint density at radius 2 is 1.76 bits per heavy atom. The van der Waals surface area contributed by atoms with Gasteiger partial charge < -0.3 is 19.6 Å². The minimum absolute atomic E-state index is 0.0278. The zero-order valence-electron chi connectivity index (χ0n) is 17.0. The molecule has 4 rings (SSSR count). The van der Waals surface area contributed by atoms with Gasteiger partial charge in [-0.1, -0.05) is 23.4 Å². The average Bonchev–Trinajstić information content (AvgIpc) is 3.08. The second-order valence-electron chi connectivity index (χ2n) is 7.80. The molecule has 0 spiro atoms. The Kier molecular flexibility index (Phi) is 5.85. The lowest BCUT2D eigenvalue weighted by Gasteiger charge is -2.36. The normalized spacial score (nSPS) is 19.5. The first-order valence-corrected chi connectivity index (χ1v) is 10.4. The molecule has 1 amide bonds. The van der Waals surface area contributed by atoms with Crippen LogP contribution in [0, 0.1) is 0 Å². The van der Waals surface area contributed by atoms with Crippen LogP contribution in [-0.2, 0) is 7.05 Å². The largest absolute Gasteiger partial charge is 0.411 e. The van der Waals surface area contributed by atoms with Gasteiger partial charge in [-0.05, 0) is 31.2 Å². The molecule has 0 aliphatic carbocycles. The van der Waals surface area contributed by atoms with Crippen LogP contribution < -0.4 is 4.90 Å². The third-order valence-electron chi connectivity index (χ3n) is 6.01. The number of benzene rings is 1. The fourth-order valence-corrected chi connectivity index (χ4v) is 4.33. The van der Waals surface area contributed by atoms with Crippen LogP contribution in [0.15, 0.2) is 47.8 Å². The molecule has 2 aromatic rings. The van der Waals surface area contributed by atoms with Gasteiger partial charge >= 0.3 is 0 Å². The maximum absolute atomic E-state index is 13.0. The molecule has 0 radical (unpaired) electrons. The Bertz CT molecular complexity index is 869. The molecule has 0 saturated carbocycles. The first-order valence-electron chi connectivity index (χ1n) is 10.4. The van der Waals surface area contributed by atoms with Crippen LogP contribution in [0.1, 0.15) is 28.9 Å². The number of anilines is 1. The summed E-state index contributed by atoms with van der Waals surface area (Å²) in [4.78, 5) is 19.8. The first kappa shape index (κ1) is 19.5. The second-order valence-corrected chi connectivity index (χ2v) is 7.80. The van der Waals surface area contributed by atoms with Gasteiger partial charge in [-0.15, -0.1) is 0 Å². The van der Waals surface area contributed by atoms with Crippen LogP contribution in [0.5, 0.6) is 0 Å². The van der Waals surface area contributed by atoms with E-state index in [4.69, 9.17) is 0 Å². The number of hydrogen-bond acceptors (Lipinski definition) is 5. The number of nitrogens with zero attached hydrogens (tertiary/aromatic N) is 5. The van der Waals surface area contributed by atoms with E-state index in [-0.39, 0.29) is 5.91 Å². The molecule has 1 saturated heterocycles. The molecule has 1 aromatic carbocycles. The van der Waals surface area contributed by atoms with Gasteiger partial charge in [0.25, 0.3) is 5.91 Å². The van der Waals surface area contributed by atoms with Crippen molar-refractivity contribution in [2.45, 2.75) is 12.8 Å². The highest BCUT2D eigenvalue weighted by Crippen LogP contribution is 2.21. The van der Waals surface area contributed by atoms with E-state index in [2.05, 4.69) is 45.3 Å². The molecule has 1 N–H and O–H groups in total. The predicted molar refractivity (Wildman–Crippen MR) is 114 cm³/mol. The Labute approximate surface area is 171 Å². The van der Waals surface area contributed by atoms with Crippen LogP contribution in [0.2, 0.25) is 0 Å². The second kappa shape index (κ2) is 8.69. The number of carbonyl (C=O) groups is 1. The quantitative estimate of drug-likeness (QED) is 0.623. The van der Waals surface area contributed by atoms with E-state index in [1.165, 1.54) is 5.69 Å². The zero-order chi connectivity index (χ0) is 20.2. The van der Waals surface area contributed by atoms with Crippen LogP contribution in [0.4, 0.5) is 5.69 Å². The summed E-state index contributed by atoms with van der Waals surface area (Å²) in [7, 11) is 1.86. The first-order chi connectivity index (χ1) is 14.2. The average molecular weight is 396 g/mol. The number of aryl methyl sites for hydroxylation is 1. The summed E-state index contributed by atoms with van der Waals surface area (Å²) in [6.07, 6.45) is 3.38. The monoisotopic (exact) mass is 395 g/mol. The summed E-state index contributed by atoms with van der Waals surface area (Å²) in [5, 5.41) is 12.8. The zero-order valence-corrected chi connectivity index (χ0v) is 17.0. The van der Waals surface area contributed by atoms with Crippen LogP contribution in [0.3, 0.4) is 0 Å². The molecular formula is C22H29N5O2. The summed E-state index contributed by atoms with van der Waals surface area (Å²) < 4.78 is 1.82. The van der Waals surface area contributed by atoms with Gasteiger partial charge in [-0.3, -0.25) is 9.69 Å². The minimum atomic E-state index is 0.0278. The Morgan fingerprint density at radius 1 is 1.00 bits per heavy atom. The van der Waals surface area contributed by atoms with E-state index in [0.717, 1.165) is 51.3 Å². The van der Waals surface area contributed by atoms with Gasteiger partial charge in [0.2, 0.25) is 0 Å². The third-order valence-corrected chi connectivity index (χ3v) is 6.01. The number of para-hydroxylation sites is 1. The third kappa shape index (κ3) is 4.15. The lowest BCUT2D eigenvalue weighted by molar-refractivity contribution is 0.0745. The molecule has 0 unspecified atom stereocenters. The smallest absolute Gasteiger partial charge is 0.271 e. The lowest BCUT2D eigenvalue weighted by Crippen LogP contribution is -2.47. The number of carbonyl (C=O) groups excluding carboxylic acids is 1. The number of aromatic nitrogens is 1. The molecule has 154 valence electrons. The Hall–Kier alpha value is -2.80. The van der Waals surface area contributed by atoms with Crippen LogP contribution in [-0.4, -0.2) is 77.0 Å². The fourth-order valence-electron chi connectivity index (χ4n) is 4.33. The number of rotatable bonds is 5. The molecule has 1 aromatic heterocycles. The summed E-state index contributed by atoms with van der Waals surface area (Å²) >= 11 is 0. The van der Waals surface area contributed by atoms with E-state index in [1.807, 2.05) is 28.8 Å². The van der Waals surface area contributed by atoms with E-state index in [9.17, 15) is 10.0 Å². The Balaban J connectivity index is 1.29. The van der Waals surface area contributed by atoms with Crippen molar-refractivity contribution in [1.82, 2.24) is 14.4 Å². The predicted octanol–water partition coefficient (Wildman–Crippen LogP) is 2.26. The SMILES string of the molecule is Cn1ccc2c1C(=O)N(CCCN1CCN(c3ccccc3)CC1)CC/C2=N\O. The molecule has 7 nitrogen and oxygen atoms in total. The van der Waals surface area contributed by atoms with Crippen molar-refractivity contribution >= 4 is 17.3 Å². The van der Waals surface area contributed by atoms with Crippen LogP contribution in [0.25, 0.3) is 0 Å². The highest BCUT2D eigenvalue weighted by Gasteiger charge is 2.28. The van der Waals surface area contributed by atoms with Crippen LogP contribution >= 0.6 is 0 Å². The summed E-state index contributed by atoms with van der Waals surface area (Å²) in [5.74, 6) is 0.0278. The number of amides is 1. The molecule has 1 fully saturated rings. The molecule has 29 heavy (non-hydrogen) atoms. The van der Waals surface area contributed by atoms with E-state index >= 15 is 0 Å². The van der Waals surface area contributed by atoms with Crippen molar-refractivity contribution < 1.29 is 10.0 Å². The number of fused-ring (bicyclic) bond motifs is 1. The summed E-state index contributed by atoms with van der Waals surface area (Å²) in [6.45, 7) is 6.48. The standard InChI is InChI=1S/C22H29N5O2/c1-24-12-8-19-20(23-29)9-13-27(22(28)21(19)24)11-5-10-25-14-16-26(17-15-25)18-6-3-2-4-7-18/h2-4,6-8,12,29H,5,9-11,13-17H2,1H3/b23-20+. The van der Waals surface area contributed by atoms with E-state index in [0.29, 0.717) is 24.4 Å². The molecule has 2 aliphatic rings. The van der Waals surface area contributed by atoms with Gasteiger partial charge in [-0.2, -0.15) is 0 Å². The minimum Gasteiger partial charge on any atom is -0.411 e. The van der Waals surface area contributed by atoms with Crippen molar-refractivity contribution in [2.24, 2.45) is 12.2 Å². The number of oxime groups is 1. The Morgan fingerprint density at radius 3 is 2.48 bits per heavy atom. The van der Waals surface area contributed by atoms with Gasteiger partial charge in [0.1, 0.15) is 5.69 Å². The van der Waals surface area contributed by atoms with Gasteiger partial charge in [-0.25, -0.2) is 0 Å². The van der Waals surface area contributed by atoms with E-state index in [1.54, 1.807) is 0 Å². The van der Waals surface area contributed by atoms with Crippen molar-refractivity contribution in [3.8, 4) is 0 Å². The van der Waals surface area contributed by atoms with E-state index < -0.39 is 0 Å². The van der Waals surface area contributed by atoms with Gasteiger partial charge in [0.05, 0.1) is 5.71 Å². The number of piperazine rings is 1. The molecule has 3 heterocycles. The van der Waals surface area contributed by atoms with Gasteiger partial charge in [0.15, 0.2) is 0 Å². The molecule has 2 aliphatic heterocycles. The van der Waals surface area contributed by atoms with Gasteiger partial charge in [0, 0.05) is 70.2 Å². The fraction of sp³-hybridized carbons (Fsp3) is 0.455. The maximum atomic E-state index is 13.0. The topological polar surface area (TPSA) is 64.3 Å². The molecule has 0 atom stereocenters. The molecule has 7 heteroatoms. The lowest BCUT2D eigenvalue weighted by atomic mass is 10.1. The summed E-state index contributed by atoms with van der Waals surface area (Å²) in [5.41, 5.74) is 3.25. The molecular weight excluding hydrogens is 366 g/mol. The van der Waals surface area contributed by atoms with Crippen molar-refractivity contribution in [3.63, 3.8) is 0 Å². The maximum Gasteiger partial charge on any atom is 0.271 e. The van der Waals surface area contributed by atoms with Crippen molar-refractivity contribution in [3.05, 3.63) is 53.9 Å². The number of hydrogen-bond donors (Lipinski definition) is 1. The van der Waals surface area contributed by atoms with Crippen molar-refractivity contribution in [1.29, 1.82) is 0 Å². The highest BCUT2D eigenvalue weighted by molar-refractivity contribution is 6.11. The van der Waals surface area contributed by atoms with Crippen molar-refractivity contribution in [2.75, 3.05) is 50.7 Å².